The molecule has 2 aliphatic rings. The van der Waals surface area contributed by atoms with Gasteiger partial charge in [0, 0.05) is 6.61 Å². The van der Waals surface area contributed by atoms with Crippen LogP contribution in [0.1, 0.15) is 75.3 Å². The number of benzene rings is 1. The quantitative estimate of drug-likeness (QED) is 0.740. The third-order valence-corrected chi connectivity index (χ3v) is 6.42. The van der Waals surface area contributed by atoms with Crippen molar-refractivity contribution in [2.24, 2.45) is 11.8 Å². The van der Waals surface area contributed by atoms with Gasteiger partial charge in [0.1, 0.15) is 0 Å². The molecular weight excluding hydrogens is 308 g/mol. The van der Waals surface area contributed by atoms with Crippen LogP contribution in [0.25, 0.3) is 0 Å². The lowest BCUT2D eigenvalue weighted by Gasteiger charge is -2.33. The van der Waals surface area contributed by atoms with E-state index >= 15 is 0 Å². The molecule has 1 aromatic carbocycles. The Kier molecular flexibility index (Phi) is 6.72. The van der Waals surface area contributed by atoms with Gasteiger partial charge in [-0.05, 0) is 80.2 Å². The van der Waals surface area contributed by atoms with Crippen LogP contribution >= 0.6 is 0 Å². The topological polar surface area (TPSA) is 40.5 Å². The molecule has 2 N–H and O–H groups in total. The molecule has 0 bridgehead atoms. The van der Waals surface area contributed by atoms with Crippen LogP contribution in [0.3, 0.4) is 0 Å². The fourth-order valence-electron chi connectivity index (χ4n) is 4.91. The summed E-state index contributed by atoms with van der Waals surface area (Å²) in [6, 6.07) is 8.84. The van der Waals surface area contributed by atoms with Crippen molar-refractivity contribution >= 4 is 0 Å². The molecule has 25 heavy (non-hydrogen) atoms. The van der Waals surface area contributed by atoms with Crippen LogP contribution in [0.2, 0.25) is 0 Å². The molecule has 138 valence electrons. The summed E-state index contributed by atoms with van der Waals surface area (Å²) in [5.41, 5.74) is 4.32. The molecule has 0 saturated heterocycles. The van der Waals surface area contributed by atoms with Gasteiger partial charge in [0.2, 0.25) is 0 Å². The van der Waals surface area contributed by atoms with Crippen molar-refractivity contribution in [2.75, 3.05) is 6.61 Å². The summed E-state index contributed by atoms with van der Waals surface area (Å²) < 4.78 is 0. The Balaban J connectivity index is 1.67. The highest BCUT2D eigenvalue weighted by Crippen LogP contribution is 2.41. The van der Waals surface area contributed by atoms with Gasteiger partial charge < -0.3 is 10.2 Å². The van der Waals surface area contributed by atoms with E-state index in [9.17, 15) is 10.2 Å². The second-order valence-corrected chi connectivity index (χ2v) is 8.21. The summed E-state index contributed by atoms with van der Waals surface area (Å²) in [7, 11) is 0. The lowest BCUT2D eigenvalue weighted by Crippen LogP contribution is -2.20. The first-order chi connectivity index (χ1) is 12.2. The highest BCUT2D eigenvalue weighted by Gasteiger charge is 2.27. The normalized spacial score (nSPS) is 32.0. The monoisotopic (exact) mass is 342 g/mol. The minimum atomic E-state index is -0.0667. The van der Waals surface area contributed by atoms with E-state index in [4.69, 9.17) is 0 Å². The zero-order valence-electron chi connectivity index (χ0n) is 15.7. The number of hydrogen-bond donors (Lipinski definition) is 2. The molecule has 1 unspecified atom stereocenters. The summed E-state index contributed by atoms with van der Waals surface area (Å²) in [5, 5.41) is 19.1. The lowest BCUT2D eigenvalue weighted by atomic mass is 9.72. The van der Waals surface area contributed by atoms with E-state index in [2.05, 4.69) is 37.3 Å². The predicted molar refractivity (Wildman–Crippen MR) is 104 cm³/mol. The summed E-state index contributed by atoms with van der Waals surface area (Å²) in [5.74, 6) is 1.89. The van der Waals surface area contributed by atoms with Gasteiger partial charge in [-0.15, -0.1) is 0 Å². The zero-order chi connectivity index (χ0) is 17.6. The van der Waals surface area contributed by atoms with E-state index in [1.54, 1.807) is 5.57 Å². The lowest BCUT2D eigenvalue weighted by molar-refractivity contribution is 0.102. The van der Waals surface area contributed by atoms with Crippen LogP contribution in [-0.2, 0) is 6.42 Å². The Morgan fingerprint density at radius 1 is 1.16 bits per heavy atom. The van der Waals surface area contributed by atoms with Gasteiger partial charge in [-0.3, -0.25) is 0 Å². The molecule has 0 aromatic heterocycles. The van der Waals surface area contributed by atoms with Crippen LogP contribution in [0, 0.1) is 11.8 Å². The first-order valence-electron chi connectivity index (χ1n) is 10.2. The van der Waals surface area contributed by atoms with Gasteiger partial charge in [-0.25, -0.2) is 0 Å². The maximum Gasteiger partial charge on any atom is 0.0543 e. The maximum absolute atomic E-state index is 9.89. The molecule has 2 fully saturated rings. The average molecular weight is 343 g/mol. The predicted octanol–water partition coefficient (Wildman–Crippen LogP) is 4.99. The van der Waals surface area contributed by atoms with Gasteiger partial charge in [-0.2, -0.15) is 0 Å². The number of aliphatic hydroxyl groups is 2. The first kappa shape index (κ1) is 18.7. The van der Waals surface area contributed by atoms with Gasteiger partial charge in [0.15, 0.2) is 0 Å². The molecule has 3 rings (SSSR count). The molecule has 4 atom stereocenters. The summed E-state index contributed by atoms with van der Waals surface area (Å²) in [6.07, 6.45) is 12.6. The Morgan fingerprint density at radius 3 is 2.84 bits per heavy atom. The van der Waals surface area contributed by atoms with E-state index in [1.165, 1.54) is 43.2 Å². The minimum Gasteiger partial charge on any atom is -0.396 e. The molecule has 0 heterocycles. The van der Waals surface area contributed by atoms with Crippen LogP contribution in [-0.4, -0.2) is 22.9 Å². The summed E-state index contributed by atoms with van der Waals surface area (Å²) in [4.78, 5) is 0. The summed E-state index contributed by atoms with van der Waals surface area (Å²) in [6.45, 7) is 2.62. The molecule has 2 saturated carbocycles. The Bertz CT molecular complexity index is 577. The van der Waals surface area contributed by atoms with Crippen molar-refractivity contribution < 1.29 is 10.2 Å². The molecular formula is C23H34O2. The third-order valence-electron chi connectivity index (χ3n) is 6.42. The second-order valence-electron chi connectivity index (χ2n) is 8.21. The highest BCUT2D eigenvalue weighted by molar-refractivity contribution is 5.30. The van der Waals surface area contributed by atoms with E-state index in [-0.39, 0.29) is 12.7 Å². The van der Waals surface area contributed by atoms with Crippen molar-refractivity contribution in [1.82, 2.24) is 0 Å². The number of hydrogen-bond acceptors (Lipinski definition) is 2. The van der Waals surface area contributed by atoms with Crippen molar-refractivity contribution in [3.05, 3.63) is 47.0 Å². The third kappa shape index (κ3) is 4.95. The van der Waals surface area contributed by atoms with Gasteiger partial charge in [0.05, 0.1) is 6.10 Å². The van der Waals surface area contributed by atoms with Crippen molar-refractivity contribution in [2.45, 2.75) is 76.7 Å². The van der Waals surface area contributed by atoms with E-state index < -0.39 is 0 Å². The van der Waals surface area contributed by atoms with Crippen LogP contribution in [0.15, 0.2) is 35.9 Å². The van der Waals surface area contributed by atoms with E-state index in [0.717, 1.165) is 25.7 Å². The first-order valence-corrected chi connectivity index (χ1v) is 10.2. The van der Waals surface area contributed by atoms with E-state index in [1.807, 2.05) is 0 Å². The van der Waals surface area contributed by atoms with Crippen molar-refractivity contribution in [3.63, 3.8) is 0 Å². The van der Waals surface area contributed by atoms with Crippen LogP contribution in [0.4, 0.5) is 0 Å². The fourth-order valence-corrected chi connectivity index (χ4v) is 4.91. The average Bonchev–Trinajstić information content (AvgIpc) is 2.61. The van der Waals surface area contributed by atoms with Crippen molar-refractivity contribution in [1.29, 1.82) is 0 Å². The molecule has 0 amide bonds. The SMILES string of the molecule is C[C@H]1/C(=C/CC2CCC[C@H](O)C2)CCC[C@@H]1c1cccc(CCO)c1. The van der Waals surface area contributed by atoms with Gasteiger partial charge in [-0.1, -0.05) is 49.3 Å². The zero-order valence-corrected chi connectivity index (χ0v) is 15.7. The largest absolute Gasteiger partial charge is 0.396 e. The molecule has 2 heteroatoms. The maximum atomic E-state index is 9.89. The van der Waals surface area contributed by atoms with Crippen LogP contribution < -0.4 is 0 Å². The molecule has 2 nitrogen and oxygen atoms in total. The highest BCUT2D eigenvalue weighted by atomic mass is 16.3. The fraction of sp³-hybridized carbons (Fsp3) is 0.652. The molecule has 2 aliphatic carbocycles. The van der Waals surface area contributed by atoms with Crippen LogP contribution in [0.5, 0.6) is 0 Å². The van der Waals surface area contributed by atoms with Gasteiger partial charge >= 0.3 is 0 Å². The second kappa shape index (κ2) is 9.00. The van der Waals surface area contributed by atoms with Crippen molar-refractivity contribution in [3.8, 4) is 0 Å². The minimum absolute atomic E-state index is 0.0667. The molecule has 0 radical (unpaired) electrons. The summed E-state index contributed by atoms with van der Waals surface area (Å²) >= 11 is 0. The number of allylic oxidation sites excluding steroid dienone is 2. The van der Waals surface area contributed by atoms with E-state index in [0.29, 0.717) is 17.8 Å². The Hall–Kier alpha value is -1.12. The molecule has 0 aliphatic heterocycles. The standard InChI is InChI=1S/C23H34O2/c1-17-20(12-11-18-6-3-9-22(25)16-18)7-4-10-23(17)21-8-2-5-19(15-21)13-14-24/h2,5,8,12,15,17-18,22-25H,3-4,6-7,9-11,13-14,16H2,1H3/b20-12+/t17-,18?,22-,23-/m0/s1. The molecule has 0 spiro atoms. The number of aliphatic hydroxyl groups excluding tert-OH is 2. The molecule has 1 aromatic rings. The number of rotatable bonds is 5. The van der Waals surface area contributed by atoms with Gasteiger partial charge in [0.25, 0.3) is 0 Å². The Morgan fingerprint density at radius 2 is 2.04 bits per heavy atom. The smallest absolute Gasteiger partial charge is 0.0543 e. The Labute approximate surface area is 153 Å².